The maximum Gasteiger partial charge on any atom is 0.569 e. The molecule has 0 aliphatic heterocycles. The third kappa shape index (κ3) is 2.40. The van der Waals surface area contributed by atoms with Crippen LogP contribution in [0.1, 0.15) is 0 Å². The summed E-state index contributed by atoms with van der Waals surface area (Å²) in [6.07, 6.45) is 0. The largest absolute Gasteiger partial charge is 0.569 e. The topological polar surface area (TPSA) is 29.5 Å². The number of benzene rings is 1. The van der Waals surface area contributed by atoms with Gasteiger partial charge in [-0.1, -0.05) is 11.6 Å². The zero-order valence-corrected chi connectivity index (χ0v) is 7.76. The van der Waals surface area contributed by atoms with Crippen LogP contribution < -0.4 is 4.65 Å². The van der Waals surface area contributed by atoms with Gasteiger partial charge in [0.1, 0.15) is 5.75 Å². The van der Waals surface area contributed by atoms with Crippen molar-refractivity contribution in [3.8, 4) is 5.75 Å². The number of hydrogen-bond donors (Lipinski definition) is 1. The lowest BCUT2D eigenvalue weighted by molar-refractivity contribution is 0.452. The molecule has 0 aliphatic rings. The van der Waals surface area contributed by atoms with Gasteiger partial charge in [-0.3, -0.25) is 0 Å². The predicted octanol–water partition coefficient (Wildman–Crippen LogP) is 2.01. The summed E-state index contributed by atoms with van der Waals surface area (Å²) in [4.78, 5) is 0. The highest BCUT2D eigenvalue weighted by molar-refractivity contribution is 9.10. The highest BCUT2D eigenvalue weighted by Gasteiger charge is 2.01. The van der Waals surface area contributed by atoms with Crippen LogP contribution in [0.5, 0.6) is 5.75 Å². The Morgan fingerprint density at radius 1 is 1.55 bits per heavy atom. The molecule has 0 aliphatic carbocycles. The molecule has 0 bridgehead atoms. The van der Waals surface area contributed by atoms with Crippen molar-refractivity contribution in [1.29, 1.82) is 0 Å². The summed E-state index contributed by atoms with van der Waals surface area (Å²) < 4.78 is 5.46. The highest BCUT2D eigenvalue weighted by atomic mass is 79.9. The molecule has 1 radical (unpaired) electrons. The maximum absolute atomic E-state index is 8.32. The molecular formula is C6H4BBrClO2. The average molecular weight is 234 g/mol. The van der Waals surface area contributed by atoms with E-state index in [1.807, 2.05) is 0 Å². The minimum atomic E-state index is 0.486. The lowest BCUT2D eigenvalue weighted by Gasteiger charge is -2.03. The minimum absolute atomic E-state index is 0.486. The van der Waals surface area contributed by atoms with Crippen molar-refractivity contribution in [2.45, 2.75) is 0 Å². The van der Waals surface area contributed by atoms with Crippen LogP contribution in [0, 0.1) is 0 Å². The van der Waals surface area contributed by atoms with Gasteiger partial charge in [-0.05, 0) is 34.1 Å². The van der Waals surface area contributed by atoms with Gasteiger partial charge >= 0.3 is 7.69 Å². The van der Waals surface area contributed by atoms with Crippen molar-refractivity contribution in [2.24, 2.45) is 0 Å². The van der Waals surface area contributed by atoms with E-state index in [9.17, 15) is 0 Å². The second-order valence-electron chi connectivity index (χ2n) is 1.80. The van der Waals surface area contributed by atoms with Gasteiger partial charge in [0.2, 0.25) is 0 Å². The summed E-state index contributed by atoms with van der Waals surface area (Å²) in [6, 6.07) is 5.05. The molecule has 0 heterocycles. The van der Waals surface area contributed by atoms with Crippen molar-refractivity contribution in [3.05, 3.63) is 27.7 Å². The quantitative estimate of drug-likeness (QED) is 0.793. The van der Waals surface area contributed by atoms with Crippen LogP contribution in [0.2, 0.25) is 5.02 Å². The highest BCUT2D eigenvalue weighted by Crippen LogP contribution is 2.27. The van der Waals surface area contributed by atoms with E-state index in [-0.39, 0.29) is 0 Å². The van der Waals surface area contributed by atoms with E-state index in [1.54, 1.807) is 18.2 Å². The van der Waals surface area contributed by atoms with E-state index < -0.39 is 0 Å². The van der Waals surface area contributed by atoms with Gasteiger partial charge in [0.25, 0.3) is 0 Å². The van der Waals surface area contributed by atoms with Gasteiger partial charge in [0, 0.05) is 5.02 Å². The fraction of sp³-hybridized carbons (Fsp3) is 0. The van der Waals surface area contributed by atoms with E-state index in [4.69, 9.17) is 21.3 Å². The van der Waals surface area contributed by atoms with Crippen LogP contribution in [0.4, 0.5) is 0 Å². The standard InChI is InChI=1S/C6H4BBrClO2/c8-5-2-1-4(9)3-6(5)11-7-10/h1-3,10H. The Labute approximate surface area is 78.6 Å². The molecule has 2 nitrogen and oxygen atoms in total. The molecule has 0 saturated heterocycles. The Balaban J connectivity index is 2.93. The van der Waals surface area contributed by atoms with Crippen LogP contribution in [-0.4, -0.2) is 12.7 Å². The molecule has 11 heavy (non-hydrogen) atoms. The van der Waals surface area contributed by atoms with E-state index in [0.717, 1.165) is 4.47 Å². The molecule has 0 atom stereocenters. The van der Waals surface area contributed by atoms with Crippen LogP contribution in [0.3, 0.4) is 0 Å². The predicted molar refractivity (Wildman–Crippen MR) is 47.8 cm³/mol. The second-order valence-corrected chi connectivity index (χ2v) is 3.09. The molecule has 0 spiro atoms. The van der Waals surface area contributed by atoms with Crippen molar-refractivity contribution in [2.75, 3.05) is 0 Å². The monoisotopic (exact) mass is 233 g/mol. The molecule has 0 fully saturated rings. The van der Waals surface area contributed by atoms with Gasteiger partial charge in [-0.15, -0.1) is 0 Å². The number of hydrogen-bond acceptors (Lipinski definition) is 2. The molecule has 1 rings (SSSR count). The summed E-state index contributed by atoms with van der Waals surface area (Å²) in [7, 11) is 0.608. The first-order chi connectivity index (χ1) is 5.24. The Kier molecular flexibility index (Phi) is 3.24. The lowest BCUT2D eigenvalue weighted by atomic mass is 10.3. The van der Waals surface area contributed by atoms with Crippen LogP contribution >= 0.6 is 27.5 Å². The summed E-state index contributed by atoms with van der Waals surface area (Å²) in [5.74, 6) is 0.486. The van der Waals surface area contributed by atoms with Crippen LogP contribution in [-0.2, 0) is 0 Å². The lowest BCUT2D eigenvalue weighted by Crippen LogP contribution is -1.99. The van der Waals surface area contributed by atoms with Crippen LogP contribution in [0.15, 0.2) is 22.7 Å². The third-order valence-corrected chi connectivity index (χ3v) is 1.96. The number of halogens is 2. The van der Waals surface area contributed by atoms with E-state index in [0.29, 0.717) is 18.5 Å². The smallest absolute Gasteiger partial charge is 0.537 e. The van der Waals surface area contributed by atoms with Crippen molar-refractivity contribution < 1.29 is 9.68 Å². The molecule has 57 valence electrons. The summed E-state index contributed by atoms with van der Waals surface area (Å²) >= 11 is 8.87. The van der Waals surface area contributed by atoms with Crippen molar-refractivity contribution >= 4 is 35.2 Å². The van der Waals surface area contributed by atoms with Gasteiger partial charge in [0.05, 0.1) is 4.47 Å². The Hall–Kier alpha value is -0.185. The summed E-state index contributed by atoms with van der Waals surface area (Å²) in [5.41, 5.74) is 0. The van der Waals surface area contributed by atoms with Gasteiger partial charge in [-0.25, -0.2) is 0 Å². The first-order valence-electron chi connectivity index (χ1n) is 2.81. The summed E-state index contributed by atoms with van der Waals surface area (Å²) in [5, 5.41) is 8.88. The average Bonchev–Trinajstić information content (AvgIpc) is 1.98. The maximum atomic E-state index is 8.32. The molecule has 0 amide bonds. The molecule has 0 saturated carbocycles. The van der Waals surface area contributed by atoms with E-state index in [1.165, 1.54) is 0 Å². The normalized spacial score (nSPS) is 9.36. The first kappa shape index (κ1) is 8.91. The fourth-order valence-corrected chi connectivity index (χ4v) is 1.13. The first-order valence-corrected chi connectivity index (χ1v) is 3.98. The van der Waals surface area contributed by atoms with Gasteiger partial charge < -0.3 is 9.68 Å². The zero-order valence-electron chi connectivity index (χ0n) is 5.42. The van der Waals surface area contributed by atoms with Gasteiger partial charge in [-0.2, -0.15) is 0 Å². The molecule has 0 unspecified atom stereocenters. The Morgan fingerprint density at radius 3 is 2.91 bits per heavy atom. The SMILES string of the molecule is O[B]Oc1cc(Cl)ccc1Br. The van der Waals surface area contributed by atoms with Crippen LogP contribution in [0.25, 0.3) is 0 Å². The Bertz CT molecular complexity index is 256. The third-order valence-electron chi connectivity index (χ3n) is 1.07. The zero-order chi connectivity index (χ0) is 8.27. The van der Waals surface area contributed by atoms with E-state index >= 15 is 0 Å². The molecule has 1 N–H and O–H groups in total. The molecule has 1 aromatic carbocycles. The molecule has 1 aromatic rings. The van der Waals surface area contributed by atoms with Crippen molar-refractivity contribution in [1.82, 2.24) is 0 Å². The van der Waals surface area contributed by atoms with E-state index in [2.05, 4.69) is 15.9 Å². The molecule has 0 aromatic heterocycles. The second kappa shape index (κ2) is 4.00. The summed E-state index contributed by atoms with van der Waals surface area (Å²) in [6.45, 7) is 0. The van der Waals surface area contributed by atoms with Crippen molar-refractivity contribution in [3.63, 3.8) is 0 Å². The number of rotatable bonds is 2. The minimum Gasteiger partial charge on any atom is -0.537 e. The molecule has 5 heteroatoms. The fourth-order valence-electron chi connectivity index (χ4n) is 0.624. The Morgan fingerprint density at radius 2 is 2.27 bits per heavy atom. The molecular weight excluding hydrogens is 230 g/mol. The van der Waals surface area contributed by atoms with Gasteiger partial charge in [0.15, 0.2) is 0 Å².